The van der Waals surface area contributed by atoms with Crippen molar-refractivity contribution in [1.82, 2.24) is 0 Å². The van der Waals surface area contributed by atoms with E-state index in [0.717, 1.165) is 0 Å². The quantitative estimate of drug-likeness (QED) is 0.818. The first kappa shape index (κ1) is 18.0. The highest BCUT2D eigenvalue weighted by Gasteiger charge is 2.38. The Balaban J connectivity index is 0.00000220. The topological polar surface area (TPSA) is 55.5 Å². The van der Waals surface area contributed by atoms with Crippen LogP contribution in [0.1, 0.15) is 30.0 Å². The number of nitrogens with two attached hydrogens (primary N) is 1. The summed E-state index contributed by atoms with van der Waals surface area (Å²) in [6, 6.07) is 0.133. The molecule has 1 heterocycles. The van der Waals surface area contributed by atoms with Gasteiger partial charge in [0.1, 0.15) is 0 Å². The van der Waals surface area contributed by atoms with Crippen molar-refractivity contribution in [2.24, 2.45) is 11.7 Å². The van der Waals surface area contributed by atoms with Crippen LogP contribution in [0.2, 0.25) is 0 Å². The Hall–Kier alpha value is -1.05. The van der Waals surface area contributed by atoms with Crippen LogP contribution >= 0.6 is 12.4 Å². The summed E-state index contributed by atoms with van der Waals surface area (Å²) >= 11 is 0. The lowest BCUT2D eigenvalue weighted by Gasteiger charge is -2.30. The van der Waals surface area contributed by atoms with Crippen molar-refractivity contribution < 1.29 is 27.4 Å². The molecule has 3 nitrogen and oxygen atoms in total. The molecule has 1 saturated heterocycles. The molecule has 0 saturated carbocycles. The van der Waals surface area contributed by atoms with Crippen LogP contribution in [0.15, 0.2) is 12.1 Å². The van der Waals surface area contributed by atoms with Gasteiger partial charge in [0.05, 0.1) is 5.56 Å². The zero-order valence-corrected chi connectivity index (χ0v) is 11.8. The fraction of sp³-hybridized carbons (Fsp3) is 0.538. The second-order valence-electron chi connectivity index (χ2n) is 4.83. The predicted octanol–water partition coefficient (Wildman–Crippen LogP) is 3.40. The number of hydrogen-bond acceptors (Lipinski definition) is 3. The standard InChI is InChI=1S/C13H15F4NO2.ClH/c14-9-2-1-8(13(15,16)17)10(12(9)19)11(18)7-3-5-20-6-4-7;/h1-2,7,11,19H,3-6,18H2;1H/t11-;/m0./s1. The molecule has 21 heavy (non-hydrogen) atoms. The van der Waals surface area contributed by atoms with Crippen LogP contribution in [-0.2, 0) is 10.9 Å². The van der Waals surface area contributed by atoms with E-state index in [4.69, 9.17) is 10.5 Å². The Bertz CT molecular complexity index is 490. The number of benzene rings is 1. The van der Waals surface area contributed by atoms with Crippen LogP contribution in [0.4, 0.5) is 17.6 Å². The fourth-order valence-electron chi connectivity index (χ4n) is 2.48. The van der Waals surface area contributed by atoms with E-state index in [2.05, 4.69) is 0 Å². The molecule has 0 amide bonds. The van der Waals surface area contributed by atoms with E-state index < -0.39 is 34.9 Å². The van der Waals surface area contributed by atoms with Crippen LogP contribution in [-0.4, -0.2) is 18.3 Å². The third-order valence-corrected chi connectivity index (χ3v) is 3.58. The molecule has 1 aliphatic rings. The molecule has 1 aliphatic heterocycles. The van der Waals surface area contributed by atoms with Gasteiger partial charge in [0, 0.05) is 24.8 Å². The Morgan fingerprint density at radius 3 is 2.33 bits per heavy atom. The lowest BCUT2D eigenvalue weighted by molar-refractivity contribution is -0.138. The lowest BCUT2D eigenvalue weighted by Crippen LogP contribution is -2.29. The summed E-state index contributed by atoms with van der Waals surface area (Å²) in [7, 11) is 0. The van der Waals surface area contributed by atoms with Gasteiger partial charge >= 0.3 is 6.18 Å². The molecule has 1 aromatic carbocycles. The number of aromatic hydroxyl groups is 1. The summed E-state index contributed by atoms with van der Waals surface area (Å²) in [6.45, 7) is 0.797. The average molecular weight is 330 g/mol. The van der Waals surface area contributed by atoms with Gasteiger partial charge in [-0.25, -0.2) is 4.39 Å². The predicted molar refractivity (Wildman–Crippen MR) is 70.8 cm³/mol. The highest BCUT2D eigenvalue weighted by Crippen LogP contribution is 2.42. The molecule has 3 N–H and O–H groups in total. The van der Waals surface area contributed by atoms with Crippen LogP contribution in [0.3, 0.4) is 0 Å². The summed E-state index contributed by atoms with van der Waals surface area (Å²) in [6.07, 6.45) is -3.73. The summed E-state index contributed by atoms with van der Waals surface area (Å²) < 4.78 is 57.4. The van der Waals surface area contributed by atoms with Crippen molar-refractivity contribution >= 4 is 12.4 Å². The maximum Gasteiger partial charge on any atom is 0.416 e. The molecule has 0 radical (unpaired) electrons. The Kier molecular flexibility index (Phi) is 5.83. The third-order valence-electron chi connectivity index (χ3n) is 3.58. The first-order valence-corrected chi connectivity index (χ1v) is 6.24. The third kappa shape index (κ3) is 3.78. The zero-order chi connectivity index (χ0) is 14.9. The molecule has 1 atom stereocenters. The number of phenolic OH excluding ortho intramolecular Hbond substituents is 1. The van der Waals surface area contributed by atoms with E-state index in [1.165, 1.54) is 0 Å². The van der Waals surface area contributed by atoms with Gasteiger partial charge in [-0.15, -0.1) is 12.4 Å². The molecule has 0 spiro atoms. The number of phenols is 1. The number of alkyl halides is 3. The molecule has 2 rings (SSSR count). The largest absolute Gasteiger partial charge is 0.505 e. The second kappa shape index (κ2) is 6.81. The van der Waals surface area contributed by atoms with E-state index in [0.29, 0.717) is 38.2 Å². The van der Waals surface area contributed by atoms with Gasteiger partial charge in [0.2, 0.25) is 0 Å². The minimum atomic E-state index is -4.69. The van der Waals surface area contributed by atoms with Gasteiger partial charge in [-0.1, -0.05) is 0 Å². The van der Waals surface area contributed by atoms with E-state index in [-0.39, 0.29) is 18.3 Å². The Labute approximate surface area is 125 Å². The van der Waals surface area contributed by atoms with Crippen molar-refractivity contribution in [1.29, 1.82) is 0 Å². The van der Waals surface area contributed by atoms with Crippen LogP contribution in [0.25, 0.3) is 0 Å². The van der Waals surface area contributed by atoms with Crippen LogP contribution in [0, 0.1) is 11.7 Å². The average Bonchev–Trinajstić information content (AvgIpc) is 2.40. The van der Waals surface area contributed by atoms with Gasteiger partial charge < -0.3 is 15.6 Å². The highest BCUT2D eigenvalue weighted by molar-refractivity contribution is 5.85. The summed E-state index contributed by atoms with van der Waals surface area (Å²) in [5.41, 5.74) is 4.20. The minimum absolute atomic E-state index is 0. The normalized spacial score (nSPS) is 18.1. The van der Waals surface area contributed by atoms with Crippen LogP contribution in [0.5, 0.6) is 5.75 Å². The van der Waals surface area contributed by atoms with Gasteiger partial charge in [0.25, 0.3) is 0 Å². The molecule has 0 aromatic heterocycles. The highest BCUT2D eigenvalue weighted by atomic mass is 35.5. The van der Waals surface area contributed by atoms with Gasteiger partial charge in [-0.05, 0) is 30.9 Å². The molecular formula is C13H16ClF4NO2. The second-order valence-corrected chi connectivity index (χ2v) is 4.83. The molecule has 8 heteroatoms. The monoisotopic (exact) mass is 329 g/mol. The summed E-state index contributed by atoms with van der Waals surface area (Å²) in [5, 5.41) is 9.66. The molecule has 0 bridgehead atoms. The van der Waals surface area contributed by atoms with E-state index in [1.807, 2.05) is 0 Å². The Morgan fingerprint density at radius 2 is 1.81 bits per heavy atom. The molecular weight excluding hydrogens is 314 g/mol. The van der Waals surface area contributed by atoms with Crippen molar-refractivity contribution in [3.63, 3.8) is 0 Å². The lowest BCUT2D eigenvalue weighted by atomic mass is 9.85. The number of hydrogen-bond donors (Lipinski definition) is 2. The number of halogens is 5. The van der Waals surface area contributed by atoms with E-state index in [1.54, 1.807) is 0 Å². The Morgan fingerprint density at radius 1 is 1.24 bits per heavy atom. The van der Waals surface area contributed by atoms with Crippen molar-refractivity contribution in [3.05, 3.63) is 29.1 Å². The van der Waals surface area contributed by atoms with Gasteiger partial charge in [0.15, 0.2) is 11.6 Å². The molecule has 120 valence electrons. The number of rotatable bonds is 2. The van der Waals surface area contributed by atoms with Crippen molar-refractivity contribution in [2.45, 2.75) is 25.1 Å². The van der Waals surface area contributed by atoms with E-state index in [9.17, 15) is 22.7 Å². The van der Waals surface area contributed by atoms with Crippen molar-refractivity contribution in [3.8, 4) is 5.75 Å². The SMILES string of the molecule is Cl.N[C@H](c1c(C(F)(F)F)ccc(F)c1O)C1CCOCC1. The first-order valence-electron chi connectivity index (χ1n) is 6.24. The minimum Gasteiger partial charge on any atom is -0.505 e. The summed E-state index contributed by atoms with van der Waals surface area (Å²) in [4.78, 5) is 0. The molecule has 0 aliphatic carbocycles. The summed E-state index contributed by atoms with van der Waals surface area (Å²) in [5.74, 6) is -2.40. The van der Waals surface area contributed by atoms with Crippen molar-refractivity contribution in [2.75, 3.05) is 13.2 Å². The number of ether oxygens (including phenoxy) is 1. The fourth-order valence-corrected chi connectivity index (χ4v) is 2.48. The maximum atomic E-state index is 13.4. The molecule has 1 fully saturated rings. The zero-order valence-electron chi connectivity index (χ0n) is 11.0. The maximum absolute atomic E-state index is 13.4. The smallest absolute Gasteiger partial charge is 0.416 e. The van der Waals surface area contributed by atoms with Gasteiger partial charge in [-0.2, -0.15) is 13.2 Å². The van der Waals surface area contributed by atoms with Gasteiger partial charge in [-0.3, -0.25) is 0 Å². The molecule has 1 aromatic rings. The first-order chi connectivity index (χ1) is 9.32. The van der Waals surface area contributed by atoms with Crippen LogP contribution < -0.4 is 5.73 Å². The van der Waals surface area contributed by atoms with E-state index >= 15 is 0 Å². The molecule has 0 unspecified atom stereocenters.